The van der Waals surface area contributed by atoms with Crippen LogP contribution in [0.15, 0.2) is 30.3 Å². The minimum Gasteiger partial charge on any atom is -0.321 e. The largest absolute Gasteiger partial charge is 0.321 e. The minimum atomic E-state index is -0.423. The Balaban J connectivity index is 2.17. The van der Waals surface area contributed by atoms with Gasteiger partial charge in [-0.3, -0.25) is 9.59 Å². The van der Waals surface area contributed by atoms with Crippen LogP contribution in [0.4, 0.5) is 0 Å². The van der Waals surface area contributed by atoms with Gasteiger partial charge in [0.2, 0.25) is 0 Å². The van der Waals surface area contributed by atoms with Gasteiger partial charge < -0.3 is 10.2 Å². The maximum Gasteiger partial charge on any atom is 0.312 e. The molecule has 4 nitrogen and oxygen atoms in total. The highest BCUT2D eigenvalue weighted by molar-refractivity contribution is 6.01. The van der Waals surface area contributed by atoms with Gasteiger partial charge in [-0.1, -0.05) is 30.3 Å². The highest BCUT2D eigenvalue weighted by Gasteiger charge is 2.28. The summed E-state index contributed by atoms with van der Waals surface area (Å²) in [6, 6.07) is 8.60. The first-order valence-electron chi connectivity index (χ1n) is 5.27. The molecule has 1 aliphatic heterocycles. The second kappa shape index (κ2) is 4.90. The fourth-order valence-corrected chi connectivity index (χ4v) is 1.84. The molecule has 1 amide bonds. The van der Waals surface area contributed by atoms with E-state index in [0.29, 0.717) is 25.2 Å². The summed E-state index contributed by atoms with van der Waals surface area (Å²) in [5, 5.41) is 3.11. The highest BCUT2D eigenvalue weighted by Crippen LogP contribution is 2.09. The maximum absolute atomic E-state index is 12.1. The average molecular weight is 217 g/mol. The SMILES string of the molecule is O=[C]N1CCNCC1C(=O)c1ccccc1. The Kier molecular flexibility index (Phi) is 3.31. The lowest BCUT2D eigenvalue weighted by Crippen LogP contribution is -2.54. The summed E-state index contributed by atoms with van der Waals surface area (Å²) in [7, 11) is 0. The number of nitrogens with zero attached hydrogens (tertiary/aromatic N) is 1. The van der Waals surface area contributed by atoms with Crippen molar-refractivity contribution in [3.8, 4) is 0 Å². The Morgan fingerprint density at radius 2 is 2.12 bits per heavy atom. The Bertz CT molecular complexity index is 378. The topological polar surface area (TPSA) is 49.4 Å². The molecule has 1 saturated heterocycles. The lowest BCUT2D eigenvalue weighted by Gasteiger charge is -2.31. The molecule has 0 aromatic heterocycles. The number of carbonyl (C=O) groups is 1. The Morgan fingerprint density at radius 3 is 2.81 bits per heavy atom. The zero-order valence-corrected chi connectivity index (χ0v) is 8.85. The Labute approximate surface area is 94.2 Å². The molecule has 0 spiro atoms. The summed E-state index contributed by atoms with van der Waals surface area (Å²) in [6.07, 6.45) is 1.83. The molecule has 16 heavy (non-hydrogen) atoms. The number of benzene rings is 1. The number of amides is 1. The predicted octanol–water partition coefficient (Wildman–Crippen LogP) is 0.210. The summed E-state index contributed by atoms with van der Waals surface area (Å²) >= 11 is 0. The van der Waals surface area contributed by atoms with E-state index in [1.54, 1.807) is 12.1 Å². The second-order valence-electron chi connectivity index (χ2n) is 3.73. The van der Waals surface area contributed by atoms with E-state index in [-0.39, 0.29) is 5.78 Å². The highest BCUT2D eigenvalue weighted by atomic mass is 16.1. The van der Waals surface area contributed by atoms with Gasteiger partial charge in [0.15, 0.2) is 5.78 Å². The molecule has 1 unspecified atom stereocenters. The molecule has 1 radical (unpaired) electrons. The van der Waals surface area contributed by atoms with Gasteiger partial charge in [0.05, 0.1) is 0 Å². The summed E-state index contributed by atoms with van der Waals surface area (Å²) in [6.45, 7) is 1.75. The van der Waals surface area contributed by atoms with Gasteiger partial charge >= 0.3 is 6.41 Å². The third-order valence-electron chi connectivity index (χ3n) is 2.72. The van der Waals surface area contributed by atoms with Crippen LogP contribution in [0.25, 0.3) is 0 Å². The van der Waals surface area contributed by atoms with E-state index in [0.717, 1.165) is 0 Å². The molecule has 1 fully saturated rings. The molecular formula is C12H13N2O2. The van der Waals surface area contributed by atoms with Gasteiger partial charge in [0, 0.05) is 25.2 Å². The fourth-order valence-electron chi connectivity index (χ4n) is 1.84. The van der Waals surface area contributed by atoms with Crippen LogP contribution in [0.3, 0.4) is 0 Å². The number of hydrogen-bond donors (Lipinski definition) is 1. The van der Waals surface area contributed by atoms with Crippen molar-refractivity contribution < 1.29 is 9.59 Å². The molecule has 1 aromatic rings. The molecule has 1 aliphatic rings. The van der Waals surface area contributed by atoms with Crippen LogP contribution in [0.1, 0.15) is 10.4 Å². The normalized spacial score (nSPS) is 20.5. The summed E-state index contributed by atoms with van der Waals surface area (Å²) < 4.78 is 0. The molecule has 1 heterocycles. The summed E-state index contributed by atoms with van der Waals surface area (Å²) in [4.78, 5) is 24.3. The minimum absolute atomic E-state index is 0.0313. The van der Waals surface area contributed by atoms with Crippen LogP contribution in [0.5, 0.6) is 0 Å². The summed E-state index contributed by atoms with van der Waals surface area (Å²) in [5.74, 6) is -0.0313. The number of Topliss-reactive ketones (excluding diaryl/α,β-unsaturated/α-hetero) is 1. The molecule has 1 aromatic carbocycles. The standard InChI is InChI=1S/C12H13N2O2/c15-9-14-7-6-13-8-11(14)12(16)10-4-2-1-3-5-10/h1-5,11,13H,6-8H2. The number of nitrogens with one attached hydrogen (secondary N) is 1. The third-order valence-corrected chi connectivity index (χ3v) is 2.72. The van der Waals surface area contributed by atoms with E-state index in [1.165, 1.54) is 4.90 Å². The van der Waals surface area contributed by atoms with Gasteiger partial charge in [-0.2, -0.15) is 0 Å². The molecule has 0 aliphatic carbocycles. The average Bonchev–Trinajstić information content (AvgIpc) is 2.39. The van der Waals surface area contributed by atoms with Crippen molar-refractivity contribution in [2.24, 2.45) is 0 Å². The monoisotopic (exact) mass is 217 g/mol. The van der Waals surface area contributed by atoms with Crippen molar-refractivity contribution in [1.29, 1.82) is 0 Å². The molecule has 1 N–H and O–H groups in total. The molecule has 0 bridgehead atoms. The first-order chi connectivity index (χ1) is 7.83. The van der Waals surface area contributed by atoms with E-state index < -0.39 is 6.04 Å². The molecule has 83 valence electrons. The van der Waals surface area contributed by atoms with Crippen LogP contribution in [0, 0.1) is 0 Å². The molecular weight excluding hydrogens is 204 g/mol. The zero-order chi connectivity index (χ0) is 11.4. The summed E-state index contributed by atoms with van der Waals surface area (Å²) in [5.41, 5.74) is 0.636. The number of rotatable bonds is 3. The molecule has 1 atom stereocenters. The Hall–Kier alpha value is -1.68. The van der Waals surface area contributed by atoms with Crippen LogP contribution < -0.4 is 5.32 Å². The quantitative estimate of drug-likeness (QED) is 0.736. The van der Waals surface area contributed by atoms with Gasteiger partial charge in [0.1, 0.15) is 6.04 Å². The van der Waals surface area contributed by atoms with Crippen molar-refractivity contribution in [2.75, 3.05) is 19.6 Å². The first-order valence-corrected chi connectivity index (χ1v) is 5.27. The van der Waals surface area contributed by atoms with E-state index in [9.17, 15) is 9.59 Å². The smallest absolute Gasteiger partial charge is 0.312 e. The van der Waals surface area contributed by atoms with Crippen LogP contribution in [0.2, 0.25) is 0 Å². The van der Waals surface area contributed by atoms with E-state index in [2.05, 4.69) is 5.32 Å². The fraction of sp³-hybridized carbons (Fsp3) is 0.333. The molecule has 0 saturated carbocycles. The number of hydrogen-bond acceptors (Lipinski definition) is 3. The number of piperazine rings is 1. The zero-order valence-electron chi connectivity index (χ0n) is 8.85. The lowest BCUT2D eigenvalue weighted by atomic mass is 10.0. The van der Waals surface area contributed by atoms with Crippen LogP contribution >= 0.6 is 0 Å². The molecule has 4 heteroatoms. The van der Waals surface area contributed by atoms with E-state index >= 15 is 0 Å². The predicted molar refractivity (Wildman–Crippen MR) is 59.8 cm³/mol. The second-order valence-corrected chi connectivity index (χ2v) is 3.73. The van der Waals surface area contributed by atoms with Crippen molar-refractivity contribution in [3.63, 3.8) is 0 Å². The van der Waals surface area contributed by atoms with Gasteiger partial charge in [0.25, 0.3) is 0 Å². The maximum atomic E-state index is 12.1. The lowest BCUT2D eigenvalue weighted by molar-refractivity contribution is 0.0862. The first kappa shape index (κ1) is 10.8. The van der Waals surface area contributed by atoms with Crippen molar-refractivity contribution in [3.05, 3.63) is 35.9 Å². The van der Waals surface area contributed by atoms with Crippen LogP contribution in [-0.2, 0) is 4.79 Å². The van der Waals surface area contributed by atoms with Gasteiger partial charge in [-0.15, -0.1) is 0 Å². The van der Waals surface area contributed by atoms with Gasteiger partial charge in [-0.05, 0) is 0 Å². The van der Waals surface area contributed by atoms with Gasteiger partial charge in [-0.25, -0.2) is 0 Å². The van der Waals surface area contributed by atoms with E-state index in [4.69, 9.17) is 0 Å². The van der Waals surface area contributed by atoms with Crippen molar-refractivity contribution in [2.45, 2.75) is 6.04 Å². The van der Waals surface area contributed by atoms with Crippen LogP contribution in [-0.4, -0.2) is 42.8 Å². The number of ketones is 1. The third kappa shape index (κ3) is 2.12. The van der Waals surface area contributed by atoms with Crippen molar-refractivity contribution >= 4 is 12.2 Å². The number of carbonyl (C=O) groups excluding carboxylic acids is 2. The van der Waals surface area contributed by atoms with Crippen molar-refractivity contribution in [1.82, 2.24) is 10.2 Å². The molecule has 2 rings (SSSR count). The Morgan fingerprint density at radius 1 is 1.38 bits per heavy atom. The van der Waals surface area contributed by atoms with E-state index in [1.807, 2.05) is 24.6 Å².